The molecule has 1 unspecified atom stereocenters. The molecule has 2 amide bonds. The average Bonchev–Trinajstić information content (AvgIpc) is 2.88. The lowest BCUT2D eigenvalue weighted by Crippen LogP contribution is -2.46. The predicted molar refractivity (Wildman–Crippen MR) is 118 cm³/mol. The Hall–Kier alpha value is -2.79. The fraction of sp³-hybridized carbons (Fsp3) is 0.333. The molecule has 2 aliphatic heterocycles. The Balaban J connectivity index is 1.80. The van der Waals surface area contributed by atoms with Gasteiger partial charge in [-0.15, -0.1) is 0 Å². The molecular formula is C24H26ClN3O2. The van der Waals surface area contributed by atoms with Crippen molar-refractivity contribution in [3.8, 4) is 0 Å². The van der Waals surface area contributed by atoms with Gasteiger partial charge in [-0.2, -0.15) is 0 Å². The lowest BCUT2D eigenvalue weighted by atomic mass is 9.92. The number of hydrogen-bond acceptors (Lipinski definition) is 3. The maximum absolute atomic E-state index is 13.4. The molecule has 156 valence electrons. The van der Waals surface area contributed by atoms with Crippen LogP contribution in [0.25, 0.3) is 0 Å². The molecular weight excluding hydrogens is 398 g/mol. The van der Waals surface area contributed by atoms with Crippen molar-refractivity contribution in [2.75, 3.05) is 20.1 Å². The predicted octanol–water partition coefficient (Wildman–Crippen LogP) is 3.56. The average molecular weight is 424 g/mol. The van der Waals surface area contributed by atoms with E-state index in [0.717, 1.165) is 16.8 Å². The van der Waals surface area contributed by atoms with E-state index in [0.29, 0.717) is 30.1 Å². The molecule has 2 aromatic rings. The van der Waals surface area contributed by atoms with Gasteiger partial charge in [-0.1, -0.05) is 54.1 Å². The Labute approximate surface area is 182 Å². The quantitative estimate of drug-likeness (QED) is 0.821. The van der Waals surface area contributed by atoms with Crippen LogP contribution in [0, 0.1) is 0 Å². The first-order chi connectivity index (χ1) is 14.3. The molecule has 1 N–H and O–H groups in total. The van der Waals surface area contributed by atoms with E-state index in [4.69, 9.17) is 11.6 Å². The van der Waals surface area contributed by atoms with Crippen molar-refractivity contribution < 1.29 is 9.59 Å². The van der Waals surface area contributed by atoms with Gasteiger partial charge >= 0.3 is 0 Å². The molecule has 1 atom stereocenters. The van der Waals surface area contributed by atoms with Crippen molar-refractivity contribution in [3.63, 3.8) is 0 Å². The highest BCUT2D eigenvalue weighted by Crippen LogP contribution is 2.42. The lowest BCUT2D eigenvalue weighted by molar-refractivity contribution is -0.133. The third-order valence-corrected chi connectivity index (χ3v) is 6.45. The van der Waals surface area contributed by atoms with Crippen LogP contribution in [-0.2, 0) is 16.0 Å². The van der Waals surface area contributed by atoms with Crippen LogP contribution in [-0.4, -0.2) is 47.3 Å². The summed E-state index contributed by atoms with van der Waals surface area (Å²) in [5, 5.41) is 4.07. The smallest absolute Gasteiger partial charge is 0.254 e. The molecule has 0 saturated heterocycles. The number of nitrogens with zero attached hydrogens (tertiary/aromatic N) is 2. The van der Waals surface area contributed by atoms with Crippen molar-refractivity contribution in [3.05, 3.63) is 82.0 Å². The highest BCUT2D eigenvalue weighted by molar-refractivity contribution is 6.30. The molecule has 2 aliphatic rings. The van der Waals surface area contributed by atoms with E-state index in [1.54, 1.807) is 4.90 Å². The minimum Gasteiger partial charge on any atom is -0.384 e. The van der Waals surface area contributed by atoms with Crippen LogP contribution in [0.3, 0.4) is 0 Å². The molecule has 0 saturated carbocycles. The minimum atomic E-state index is -0.463. The Morgan fingerprint density at radius 3 is 2.47 bits per heavy atom. The lowest BCUT2D eigenvalue weighted by Gasteiger charge is -2.33. The number of halogens is 1. The maximum atomic E-state index is 13.4. The molecule has 6 heteroatoms. The summed E-state index contributed by atoms with van der Waals surface area (Å²) in [5.74, 6) is -0.0567. The molecule has 5 nitrogen and oxygen atoms in total. The summed E-state index contributed by atoms with van der Waals surface area (Å²) in [6, 6.07) is 16.7. The second-order valence-electron chi connectivity index (χ2n) is 8.34. The number of carbonyl (C=O) groups is 2. The number of carbonyl (C=O) groups excluding carboxylic acids is 2. The summed E-state index contributed by atoms with van der Waals surface area (Å²) >= 11 is 6.12. The van der Waals surface area contributed by atoms with Gasteiger partial charge in [0.15, 0.2) is 0 Å². The third-order valence-electron chi connectivity index (χ3n) is 6.20. The second-order valence-corrected chi connectivity index (χ2v) is 8.78. The number of hydrogen-bond donors (Lipinski definition) is 1. The zero-order valence-corrected chi connectivity index (χ0v) is 18.2. The summed E-state index contributed by atoms with van der Waals surface area (Å²) in [4.78, 5) is 30.4. The molecule has 0 bridgehead atoms. The van der Waals surface area contributed by atoms with Gasteiger partial charge in [-0.3, -0.25) is 9.59 Å². The van der Waals surface area contributed by atoms with Crippen molar-refractivity contribution in [1.82, 2.24) is 15.1 Å². The molecule has 4 rings (SSSR count). The van der Waals surface area contributed by atoms with E-state index in [1.807, 2.05) is 80.4 Å². The molecule has 0 radical (unpaired) electrons. The summed E-state index contributed by atoms with van der Waals surface area (Å²) in [6.07, 6.45) is 0.293. The highest BCUT2D eigenvalue weighted by atomic mass is 35.5. The van der Waals surface area contributed by atoms with E-state index in [9.17, 15) is 9.59 Å². The molecule has 2 heterocycles. The fourth-order valence-corrected chi connectivity index (χ4v) is 4.45. The first-order valence-electron chi connectivity index (χ1n) is 10.2. The van der Waals surface area contributed by atoms with Gasteiger partial charge in [0, 0.05) is 30.9 Å². The second kappa shape index (κ2) is 7.80. The van der Waals surface area contributed by atoms with Gasteiger partial charge in [-0.05, 0) is 37.1 Å². The monoisotopic (exact) mass is 423 g/mol. The Morgan fingerprint density at radius 2 is 1.80 bits per heavy atom. The van der Waals surface area contributed by atoms with Crippen LogP contribution in [0.1, 0.15) is 31.0 Å². The Bertz CT molecular complexity index is 999. The zero-order valence-electron chi connectivity index (χ0n) is 17.5. The maximum Gasteiger partial charge on any atom is 0.254 e. The van der Waals surface area contributed by atoms with E-state index < -0.39 is 11.6 Å². The first-order valence-corrected chi connectivity index (χ1v) is 10.5. The fourth-order valence-electron chi connectivity index (χ4n) is 4.32. The standard InChI is InChI=1S/C24H26ClN3O2/c1-24(2)22-20(23(30)27(24)3)21(17-9-11-18(25)12-10-17)28(14-13-26-22)19(29)15-16-7-5-4-6-8-16/h4-12,21,26H,13-15H2,1-3H3. The molecule has 0 aromatic heterocycles. The van der Waals surface area contributed by atoms with E-state index in [1.165, 1.54) is 0 Å². The van der Waals surface area contributed by atoms with Gasteiger partial charge in [0.25, 0.3) is 5.91 Å². The van der Waals surface area contributed by atoms with Crippen molar-refractivity contribution in [2.24, 2.45) is 0 Å². The first kappa shape index (κ1) is 20.5. The molecule has 2 aromatic carbocycles. The van der Waals surface area contributed by atoms with Gasteiger partial charge in [-0.25, -0.2) is 0 Å². The number of amides is 2. The summed E-state index contributed by atoms with van der Waals surface area (Å²) in [7, 11) is 1.81. The normalized spacial score (nSPS) is 20.7. The van der Waals surface area contributed by atoms with Crippen LogP contribution in [0.4, 0.5) is 0 Å². The van der Waals surface area contributed by atoms with Crippen LogP contribution >= 0.6 is 11.6 Å². The number of rotatable bonds is 3. The summed E-state index contributed by atoms with van der Waals surface area (Å²) in [6.45, 7) is 5.16. The minimum absolute atomic E-state index is 0.00291. The molecule has 30 heavy (non-hydrogen) atoms. The van der Waals surface area contributed by atoms with Gasteiger partial charge < -0.3 is 15.1 Å². The van der Waals surface area contributed by atoms with Gasteiger partial charge in [0.05, 0.1) is 23.6 Å². The zero-order chi connectivity index (χ0) is 21.5. The van der Waals surface area contributed by atoms with Crippen LogP contribution in [0.15, 0.2) is 65.9 Å². The van der Waals surface area contributed by atoms with E-state index >= 15 is 0 Å². The largest absolute Gasteiger partial charge is 0.384 e. The number of benzene rings is 2. The molecule has 0 fully saturated rings. The van der Waals surface area contributed by atoms with E-state index in [-0.39, 0.29) is 11.8 Å². The van der Waals surface area contributed by atoms with Crippen molar-refractivity contribution >= 4 is 23.4 Å². The topological polar surface area (TPSA) is 52.7 Å². The van der Waals surface area contributed by atoms with Gasteiger partial charge in [0.1, 0.15) is 0 Å². The van der Waals surface area contributed by atoms with Crippen molar-refractivity contribution in [2.45, 2.75) is 31.8 Å². The summed E-state index contributed by atoms with van der Waals surface area (Å²) < 4.78 is 0. The SMILES string of the molecule is CN1C(=O)C2=C(NCCN(C(=O)Cc3ccccc3)C2c2ccc(Cl)cc2)C1(C)C. The van der Waals surface area contributed by atoms with E-state index in [2.05, 4.69) is 5.32 Å². The number of nitrogens with one attached hydrogen (secondary N) is 1. The third kappa shape index (κ3) is 3.47. The van der Waals surface area contributed by atoms with Gasteiger partial charge in [0.2, 0.25) is 5.91 Å². The summed E-state index contributed by atoms with van der Waals surface area (Å²) in [5.41, 5.74) is 2.92. The molecule has 0 aliphatic carbocycles. The molecule has 0 spiro atoms. The highest BCUT2D eigenvalue weighted by Gasteiger charge is 2.49. The Kier molecular flexibility index (Phi) is 5.33. The number of likely N-dealkylation sites (N-methyl/N-ethyl adjacent to an activating group) is 1. The van der Waals surface area contributed by atoms with Crippen LogP contribution < -0.4 is 5.32 Å². The van der Waals surface area contributed by atoms with Crippen LogP contribution in [0.2, 0.25) is 5.02 Å². The Morgan fingerprint density at radius 1 is 1.13 bits per heavy atom. The van der Waals surface area contributed by atoms with Crippen molar-refractivity contribution in [1.29, 1.82) is 0 Å². The van der Waals surface area contributed by atoms with Crippen LogP contribution in [0.5, 0.6) is 0 Å².